The topological polar surface area (TPSA) is 23.5 Å². The standard InChI is InChI=1S/C17H29NO.Li.H/c1-16(2,3)13-9-12(11-18(7)8)10-14(15(13)19)17(4,5)6;;/h9-10,19H,11H2,1-8H3;;/q;+1;-1. The van der Waals surface area contributed by atoms with E-state index in [9.17, 15) is 5.11 Å². The number of hydrogen-bond donors (Lipinski definition) is 1. The number of hydrogen-bond acceptors (Lipinski definition) is 2. The zero-order chi connectivity index (χ0) is 15.0. The molecule has 0 unspecified atom stereocenters. The first kappa shape index (κ1) is 19.6. The molecule has 1 rings (SSSR count). The monoisotopic (exact) mass is 271 g/mol. The molecule has 0 aliphatic heterocycles. The number of benzene rings is 1. The summed E-state index contributed by atoms with van der Waals surface area (Å²) in [5.74, 6) is 0.461. The molecule has 0 spiro atoms. The van der Waals surface area contributed by atoms with Crippen molar-refractivity contribution in [2.24, 2.45) is 0 Å². The van der Waals surface area contributed by atoms with E-state index < -0.39 is 0 Å². The van der Waals surface area contributed by atoms with Gasteiger partial charge in [0.1, 0.15) is 5.75 Å². The largest absolute Gasteiger partial charge is 1.00 e. The van der Waals surface area contributed by atoms with E-state index in [0.29, 0.717) is 5.75 Å². The van der Waals surface area contributed by atoms with E-state index in [-0.39, 0.29) is 31.1 Å². The fourth-order valence-electron chi connectivity index (χ4n) is 2.29. The number of aromatic hydroxyl groups is 1. The molecule has 0 aromatic heterocycles. The van der Waals surface area contributed by atoms with Crippen molar-refractivity contribution < 1.29 is 25.4 Å². The third kappa shape index (κ3) is 4.84. The average Bonchev–Trinajstić information content (AvgIpc) is 2.16. The Labute approximate surface area is 138 Å². The molecular weight excluding hydrogens is 241 g/mol. The van der Waals surface area contributed by atoms with Gasteiger partial charge in [0, 0.05) is 6.54 Å². The van der Waals surface area contributed by atoms with Gasteiger partial charge in [-0.05, 0) is 41.6 Å². The molecular formula is C17H30LiNO. The van der Waals surface area contributed by atoms with Crippen molar-refractivity contribution in [1.29, 1.82) is 0 Å². The first-order chi connectivity index (χ1) is 8.43. The van der Waals surface area contributed by atoms with Gasteiger partial charge in [-0.15, -0.1) is 0 Å². The fourth-order valence-corrected chi connectivity index (χ4v) is 2.29. The van der Waals surface area contributed by atoms with Crippen LogP contribution in [0.1, 0.15) is 59.7 Å². The first-order valence-corrected chi connectivity index (χ1v) is 6.94. The second kappa shape index (κ2) is 6.56. The molecule has 0 fully saturated rings. The summed E-state index contributed by atoms with van der Waals surface area (Å²) in [5, 5.41) is 10.6. The van der Waals surface area contributed by atoms with Gasteiger partial charge in [0.15, 0.2) is 0 Å². The smallest absolute Gasteiger partial charge is 1.00 e. The minimum Gasteiger partial charge on any atom is -1.00 e. The van der Waals surface area contributed by atoms with Crippen molar-refractivity contribution in [3.05, 3.63) is 28.8 Å². The van der Waals surface area contributed by atoms with Crippen molar-refractivity contribution in [2.75, 3.05) is 14.1 Å². The molecule has 0 saturated heterocycles. The van der Waals surface area contributed by atoms with E-state index in [2.05, 4.69) is 72.7 Å². The van der Waals surface area contributed by atoms with Crippen LogP contribution in [0.3, 0.4) is 0 Å². The van der Waals surface area contributed by atoms with Gasteiger partial charge in [-0.2, -0.15) is 0 Å². The number of phenolic OH excluding ortho intramolecular Hbond substituents is 1. The van der Waals surface area contributed by atoms with Crippen LogP contribution >= 0.6 is 0 Å². The molecule has 1 aromatic rings. The summed E-state index contributed by atoms with van der Waals surface area (Å²) in [6, 6.07) is 4.29. The Morgan fingerprint density at radius 2 is 1.30 bits per heavy atom. The molecule has 0 bridgehead atoms. The van der Waals surface area contributed by atoms with Crippen molar-refractivity contribution >= 4 is 0 Å². The molecule has 3 heteroatoms. The zero-order valence-corrected chi connectivity index (χ0v) is 14.8. The Morgan fingerprint density at radius 1 is 0.950 bits per heavy atom. The van der Waals surface area contributed by atoms with E-state index in [1.807, 2.05) is 0 Å². The molecule has 0 amide bonds. The van der Waals surface area contributed by atoms with E-state index in [4.69, 9.17) is 0 Å². The maximum atomic E-state index is 10.6. The van der Waals surface area contributed by atoms with E-state index in [0.717, 1.165) is 17.7 Å². The maximum Gasteiger partial charge on any atom is 1.00 e. The molecule has 2 nitrogen and oxygen atoms in total. The second-order valence-corrected chi connectivity index (χ2v) is 7.78. The molecule has 1 aromatic carbocycles. The van der Waals surface area contributed by atoms with Crippen LogP contribution in [0.15, 0.2) is 12.1 Å². The van der Waals surface area contributed by atoms with Gasteiger partial charge in [-0.25, -0.2) is 0 Å². The molecule has 1 N–H and O–H groups in total. The summed E-state index contributed by atoms with van der Waals surface area (Å²) < 4.78 is 0. The summed E-state index contributed by atoms with van der Waals surface area (Å²) in [7, 11) is 4.14. The molecule has 0 saturated carbocycles. The Bertz CT molecular complexity index is 424. The van der Waals surface area contributed by atoms with Gasteiger partial charge >= 0.3 is 18.9 Å². The van der Waals surface area contributed by atoms with Crippen LogP contribution in [0.25, 0.3) is 0 Å². The summed E-state index contributed by atoms with van der Waals surface area (Å²) in [4.78, 5) is 2.16. The van der Waals surface area contributed by atoms with Crippen LogP contribution in [-0.4, -0.2) is 24.1 Å². The molecule has 0 atom stereocenters. The molecule has 0 aliphatic rings. The summed E-state index contributed by atoms with van der Waals surface area (Å²) in [6.07, 6.45) is 0. The van der Waals surface area contributed by atoms with E-state index in [1.54, 1.807) is 0 Å². The van der Waals surface area contributed by atoms with Gasteiger partial charge in [0.25, 0.3) is 0 Å². The number of rotatable bonds is 2. The van der Waals surface area contributed by atoms with Gasteiger partial charge in [0.2, 0.25) is 0 Å². The van der Waals surface area contributed by atoms with Crippen molar-refractivity contribution in [3.63, 3.8) is 0 Å². The summed E-state index contributed by atoms with van der Waals surface area (Å²) in [6.45, 7) is 13.8. The Balaban J connectivity index is 0. The second-order valence-electron chi connectivity index (χ2n) is 7.78. The predicted molar refractivity (Wildman–Crippen MR) is 84.0 cm³/mol. The maximum absolute atomic E-state index is 10.6. The quantitative estimate of drug-likeness (QED) is 0.816. The Hall–Kier alpha value is -0.423. The van der Waals surface area contributed by atoms with Crippen molar-refractivity contribution in [2.45, 2.75) is 58.9 Å². The summed E-state index contributed by atoms with van der Waals surface area (Å²) in [5.41, 5.74) is 3.24. The first-order valence-electron chi connectivity index (χ1n) is 6.94. The fraction of sp³-hybridized carbons (Fsp3) is 0.647. The van der Waals surface area contributed by atoms with Gasteiger partial charge in [-0.1, -0.05) is 53.7 Å². The van der Waals surface area contributed by atoms with Gasteiger partial charge in [-0.3, -0.25) is 0 Å². The van der Waals surface area contributed by atoms with Crippen molar-refractivity contribution in [1.82, 2.24) is 4.90 Å². The molecule has 110 valence electrons. The Kier molecular flexibility index (Phi) is 6.42. The van der Waals surface area contributed by atoms with Crippen LogP contribution in [0.5, 0.6) is 5.75 Å². The third-order valence-corrected chi connectivity index (χ3v) is 3.28. The number of nitrogens with zero attached hydrogens (tertiary/aromatic N) is 1. The van der Waals surface area contributed by atoms with Crippen LogP contribution < -0.4 is 18.9 Å². The zero-order valence-electron chi connectivity index (χ0n) is 15.8. The third-order valence-electron chi connectivity index (χ3n) is 3.28. The predicted octanol–water partition coefficient (Wildman–Crippen LogP) is 1.17. The SMILES string of the molecule is CN(C)Cc1cc(C(C)(C)C)c(O)c(C(C)(C)C)c1.[H-].[Li+]. The van der Waals surface area contributed by atoms with Crippen LogP contribution in [-0.2, 0) is 17.4 Å². The van der Waals surface area contributed by atoms with Crippen LogP contribution in [0.4, 0.5) is 0 Å². The molecule has 0 radical (unpaired) electrons. The van der Waals surface area contributed by atoms with Crippen LogP contribution in [0.2, 0.25) is 0 Å². The average molecular weight is 271 g/mol. The van der Waals surface area contributed by atoms with Crippen molar-refractivity contribution in [3.8, 4) is 5.75 Å². The normalized spacial score (nSPS) is 12.4. The van der Waals surface area contributed by atoms with E-state index >= 15 is 0 Å². The molecule has 20 heavy (non-hydrogen) atoms. The minimum atomic E-state index is -0.0492. The molecule has 0 heterocycles. The Morgan fingerprint density at radius 3 is 1.55 bits per heavy atom. The van der Waals surface area contributed by atoms with Gasteiger partial charge < -0.3 is 11.4 Å². The number of phenols is 1. The molecule has 0 aliphatic carbocycles. The minimum absolute atomic E-state index is 0. The summed E-state index contributed by atoms with van der Waals surface area (Å²) >= 11 is 0. The van der Waals surface area contributed by atoms with Crippen LogP contribution in [0, 0.1) is 0 Å². The van der Waals surface area contributed by atoms with E-state index in [1.165, 1.54) is 5.56 Å². The van der Waals surface area contributed by atoms with Gasteiger partial charge in [0.05, 0.1) is 0 Å².